The van der Waals surface area contributed by atoms with Crippen LogP contribution < -0.4 is 0 Å². The summed E-state index contributed by atoms with van der Waals surface area (Å²) in [6.07, 6.45) is 0. The highest BCUT2D eigenvalue weighted by molar-refractivity contribution is 7.99. The molecule has 0 saturated carbocycles. The molecule has 0 amide bonds. The number of hydrogen-bond donors (Lipinski definition) is 0. The molecule has 8 heteroatoms. The third kappa shape index (κ3) is 4.14. The van der Waals surface area contributed by atoms with Crippen molar-refractivity contribution < 1.29 is 13.6 Å². The van der Waals surface area contributed by atoms with E-state index in [9.17, 15) is 4.79 Å². The van der Waals surface area contributed by atoms with Gasteiger partial charge in [0, 0.05) is 16.1 Å². The molecule has 0 atom stereocenters. The van der Waals surface area contributed by atoms with Crippen molar-refractivity contribution in [3.8, 4) is 22.8 Å². The molecule has 4 aromatic rings. The Kier molecular flexibility index (Phi) is 5.52. The molecule has 4 rings (SSSR count). The van der Waals surface area contributed by atoms with E-state index in [0.29, 0.717) is 32.5 Å². The molecule has 0 spiro atoms. The van der Waals surface area contributed by atoms with Crippen LogP contribution in [-0.2, 0) is 0 Å². The summed E-state index contributed by atoms with van der Waals surface area (Å²) in [5, 5.41) is 9.27. The van der Waals surface area contributed by atoms with E-state index in [1.807, 2.05) is 30.3 Å². The van der Waals surface area contributed by atoms with Gasteiger partial charge < -0.3 is 8.83 Å². The van der Waals surface area contributed by atoms with Crippen LogP contribution in [0.2, 0.25) is 10.0 Å². The van der Waals surface area contributed by atoms with Gasteiger partial charge in [-0.2, -0.15) is 0 Å². The van der Waals surface area contributed by atoms with Gasteiger partial charge in [-0.05, 0) is 42.5 Å². The zero-order valence-corrected chi connectivity index (χ0v) is 16.6. The number of carbonyl (C=O) groups is 1. The lowest BCUT2D eigenvalue weighted by Crippen LogP contribution is -2.00. The summed E-state index contributed by atoms with van der Waals surface area (Å²) in [7, 11) is 0. The highest BCUT2D eigenvalue weighted by atomic mass is 35.5. The van der Waals surface area contributed by atoms with Gasteiger partial charge in [0.05, 0.1) is 10.8 Å². The van der Waals surface area contributed by atoms with Gasteiger partial charge in [0.1, 0.15) is 5.76 Å². The van der Waals surface area contributed by atoms with Crippen molar-refractivity contribution in [1.29, 1.82) is 0 Å². The Morgan fingerprint density at radius 3 is 2.57 bits per heavy atom. The SMILES string of the molecule is O=C(CSc1nnc(-c2ccccc2)o1)c1ccc(-c2ccc(Cl)cc2Cl)o1. The predicted molar refractivity (Wildman–Crippen MR) is 109 cm³/mol. The summed E-state index contributed by atoms with van der Waals surface area (Å²) in [5.74, 6) is 1.06. The van der Waals surface area contributed by atoms with Crippen molar-refractivity contribution in [3.63, 3.8) is 0 Å². The Morgan fingerprint density at radius 1 is 0.964 bits per heavy atom. The first-order valence-electron chi connectivity index (χ1n) is 8.20. The second-order valence-corrected chi connectivity index (χ2v) is 7.51. The summed E-state index contributed by atoms with van der Waals surface area (Å²) in [5.41, 5.74) is 1.49. The van der Waals surface area contributed by atoms with Crippen LogP contribution in [-0.4, -0.2) is 21.7 Å². The Bertz CT molecular complexity index is 1130. The number of Topliss-reactive ketones (excluding diaryl/α,β-unsaturated/α-hetero) is 1. The van der Waals surface area contributed by atoms with Gasteiger partial charge in [-0.1, -0.05) is 53.2 Å². The van der Waals surface area contributed by atoms with E-state index in [-0.39, 0.29) is 17.3 Å². The van der Waals surface area contributed by atoms with Crippen LogP contribution in [0.3, 0.4) is 0 Å². The molecule has 0 aliphatic carbocycles. The van der Waals surface area contributed by atoms with Gasteiger partial charge in [-0.3, -0.25) is 4.79 Å². The van der Waals surface area contributed by atoms with E-state index < -0.39 is 0 Å². The van der Waals surface area contributed by atoms with Gasteiger partial charge in [-0.15, -0.1) is 10.2 Å². The number of benzene rings is 2. The molecule has 28 heavy (non-hydrogen) atoms. The summed E-state index contributed by atoms with van der Waals surface area (Å²) >= 11 is 13.3. The molecule has 0 N–H and O–H groups in total. The zero-order valence-electron chi connectivity index (χ0n) is 14.3. The van der Waals surface area contributed by atoms with E-state index in [1.165, 1.54) is 0 Å². The minimum atomic E-state index is -0.194. The van der Waals surface area contributed by atoms with Crippen molar-refractivity contribution >= 4 is 40.7 Å². The van der Waals surface area contributed by atoms with E-state index in [0.717, 1.165) is 17.3 Å². The quantitative estimate of drug-likeness (QED) is 0.264. The number of halogens is 2. The second-order valence-electron chi connectivity index (χ2n) is 5.74. The first kappa shape index (κ1) is 18.8. The molecule has 2 heterocycles. The van der Waals surface area contributed by atoms with E-state index in [2.05, 4.69) is 10.2 Å². The van der Waals surface area contributed by atoms with Crippen LogP contribution in [0.25, 0.3) is 22.8 Å². The molecule has 2 aromatic heterocycles. The van der Waals surface area contributed by atoms with Gasteiger partial charge in [0.15, 0.2) is 5.76 Å². The third-order valence-electron chi connectivity index (χ3n) is 3.83. The monoisotopic (exact) mass is 430 g/mol. The third-order valence-corrected chi connectivity index (χ3v) is 5.20. The molecule has 5 nitrogen and oxygen atoms in total. The molecule has 0 aliphatic rings. The minimum absolute atomic E-state index is 0.109. The van der Waals surface area contributed by atoms with Crippen LogP contribution in [0.4, 0.5) is 0 Å². The lowest BCUT2D eigenvalue weighted by Gasteiger charge is -2.01. The van der Waals surface area contributed by atoms with Crippen LogP contribution in [0.5, 0.6) is 0 Å². The molecule has 0 bridgehead atoms. The highest BCUT2D eigenvalue weighted by Gasteiger charge is 2.16. The number of hydrogen-bond acceptors (Lipinski definition) is 6. The molecule has 0 saturated heterocycles. The maximum absolute atomic E-state index is 12.4. The normalized spacial score (nSPS) is 10.9. The standard InChI is InChI=1S/C20H12Cl2N2O3S/c21-13-6-7-14(15(22)10-13)17-8-9-18(26-17)16(25)11-28-20-24-23-19(27-20)12-4-2-1-3-5-12/h1-10H,11H2. The Balaban J connectivity index is 1.42. The summed E-state index contributed by atoms with van der Waals surface area (Å²) in [6.45, 7) is 0. The number of furan rings is 1. The smallest absolute Gasteiger partial charge is 0.277 e. The Hall–Kier alpha value is -2.54. The van der Waals surface area contributed by atoms with Crippen molar-refractivity contribution in [2.75, 3.05) is 5.75 Å². The van der Waals surface area contributed by atoms with Crippen LogP contribution >= 0.6 is 35.0 Å². The van der Waals surface area contributed by atoms with Crippen molar-refractivity contribution in [3.05, 3.63) is 76.5 Å². The number of carbonyl (C=O) groups excluding carboxylic acids is 1. The first-order valence-corrected chi connectivity index (χ1v) is 9.94. The highest BCUT2D eigenvalue weighted by Crippen LogP contribution is 2.32. The molecule has 0 fully saturated rings. The summed E-state index contributed by atoms with van der Waals surface area (Å²) in [6, 6.07) is 17.8. The number of aromatic nitrogens is 2. The van der Waals surface area contributed by atoms with Crippen LogP contribution in [0.1, 0.15) is 10.6 Å². The maximum Gasteiger partial charge on any atom is 0.277 e. The second kappa shape index (κ2) is 8.22. The summed E-state index contributed by atoms with van der Waals surface area (Å²) < 4.78 is 11.2. The number of nitrogens with zero attached hydrogens (tertiary/aromatic N) is 2. The zero-order chi connectivity index (χ0) is 19.5. The molecule has 140 valence electrons. The van der Waals surface area contributed by atoms with Crippen LogP contribution in [0.15, 0.2) is 74.7 Å². The fourth-order valence-corrected chi connectivity index (χ4v) is 3.62. The average Bonchev–Trinajstić information content (AvgIpc) is 3.37. The van der Waals surface area contributed by atoms with E-state index >= 15 is 0 Å². The number of thioether (sulfide) groups is 1. The van der Waals surface area contributed by atoms with E-state index in [1.54, 1.807) is 30.3 Å². The molecule has 2 aromatic carbocycles. The fraction of sp³-hybridized carbons (Fsp3) is 0.0500. The predicted octanol–water partition coefficient (Wildman–Crippen LogP) is 6.28. The molecular formula is C20H12Cl2N2O3S. The largest absolute Gasteiger partial charge is 0.453 e. The summed E-state index contributed by atoms with van der Waals surface area (Å²) in [4.78, 5) is 12.4. The van der Waals surface area contributed by atoms with Crippen LogP contribution in [0, 0.1) is 0 Å². The number of ketones is 1. The van der Waals surface area contributed by atoms with Crippen molar-refractivity contribution in [2.45, 2.75) is 5.22 Å². The molecular weight excluding hydrogens is 419 g/mol. The topological polar surface area (TPSA) is 69.1 Å². The molecule has 0 radical (unpaired) electrons. The minimum Gasteiger partial charge on any atom is -0.453 e. The average molecular weight is 431 g/mol. The molecule has 0 unspecified atom stereocenters. The molecule has 0 aliphatic heterocycles. The fourth-order valence-electron chi connectivity index (χ4n) is 2.49. The lowest BCUT2D eigenvalue weighted by atomic mass is 10.2. The van der Waals surface area contributed by atoms with Gasteiger partial charge in [0.25, 0.3) is 5.22 Å². The van der Waals surface area contributed by atoms with Gasteiger partial charge in [0.2, 0.25) is 11.7 Å². The lowest BCUT2D eigenvalue weighted by molar-refractivity contribution is 0.0992. The van der Waals surface area contributed by atoms with Gasteiger partial charge in [-0.25, -0.2) is 0 Å². The van der Waals surface area contributed by atoms with Crippen molar-refractivity contribution in [1.82, 2.24) is 10.2 Å². The first-order chi connectivity index (χ1) is 13.6. The van der Waals surface area contributed by atoms with Crippen molar-refractivity contribution in [2.24, 2.45) is 0 Å². The van der Waals surface area contributed by atoms with E-state index in [4.69, 9.17) is 32.0 Å². The Labute approximate surface area is 174 Å². The number of rotatable bonds is 6. The van der Waals surface area contributed by atoms with Gasteiger partial charge >= 0.3 is 0 Å². The Morgan fingerprint density at radius 2 is 1.79 bits per heavy atom. The maximum atomic E-state index is 12.4.